The highest BCUT2D eigenvalue weighted by molar-refractivity contribution is 5.94. The van der Waals surface area contributed by atoms with Gasteiger partial charge in [0, 0.05) is 31.2 Å². The van der Waals surface area contributed by atoms with Gasteiger partial charge in [-0.1, -0.05) is 20.8 Å². The van der Waals surface area contributed by atoms with E-state index in [4.69, 9.17) is 0 Å². The van der Waals surface area contributed by atoms with Crippen LogP contribution >= 0.6 is 0 Å². The average Bonchev–Trinajstić information content (AvgIpc) is 2.45. The third-order valence-electron chi connectivity index (χ3n) is 3.72. The van der Waals surface area contributed by atoms with Crippen LogP contribution in [-0.2, 0) is 0 Å². The predicted octanol–water partition coefficient (Wildman–Crippen LogP) is 3.07. The van der Waals surface area contributed by atoms with Gasteiger partial charge in [0.25, 0.3) is 5.91 Å². The molecule has 1 saturated heterocycles. The van der Waals surface area contributed by atoms with Gasteiger partial charge < -0.3 is 10.2 Å². The summed E-state index contributed by atoms with van der Waals surface area (Å²) in [6, 6.07) is 6.15. The number of carbonyl (C=O) groups excluding carboxylic acids is 1. The third-order valence-corrected chi connectivity index (χ3v) is 3.72. The number of amides is 1. The second-order valence-corrected chi connectivity index (χ2v) is 7.04. The van der Waals surface area contributed by atoms with E-state index in [0.717, 1.165) is 32.5 Å². The first-order valence-electron chi connectivity index (χ1n) is 7.63. The van der Waals surface area contributed by atoms with Crippen LogP contribution < -0.4 is 5.32 Å². The van der Waals surface area contributed by atoms with Crippen molar-refractivity contribution in [3.05, 3.63) is 35.6 Å². The monoisotopic (exact) mass is 292 g/mol. The first-order chi connectivity index (χ1) is 9.85. The molecule has 1 N–H and O–H groups in total. The number of benzene rings is 1. The van der Waals surface area contributed by atoms with E-state index in [-0.39, 0.29) is 17.1 Å². The molecule has 0 radical (unpaired) electrons. The number of nitrogens with zero attached hydrogens (tertiary/aromatic N) is 1. The Bertz CT molecular complexity index is 479. The van der Waals surface area contributed by atoms with Crippen molar-refractivity contribution >= 4 is 5.91 Å². The maximum atomic E-state index is 12.9. The first-order valence-corrected chi connectivity index (χ1v) is 7.63. The van der Waals surface area contributed by atoms with Gasteiger partial charge in [-0.05, 0) is 42.5 Å². The lowest BCUT2D eigenvalue weighted by Gasteiger charge is -2.35. The van der Waals surface area contributed by atoms with Gasteiger partial charge in [-0.15, -0.1) is 0 Å². The Balaban J connectivity index is 1.94. The molecule has 0 aromatic heterocycles. The fraction of sp³-hybridized carbons (Fsp3) is 0.588. The van der Waals surface area contributed by atoms with Crippen molar-refractivity contribution in [2.45, 2.75) is 39.7 Å². The van der Waals surface area contributed by atoms with Gasteiger partial charge in [0.2, 0.25) is 0 Å². The van der Waals surface area contributed by atoms with Crippen LogP contribution in [0, 0.1) is 11.2 Å². The number of carbonyl (C=O) groups is 1. The molecule has 1 fully saturated rings. The van der Waals surface area contributed by atoms with Crippen LogP contribution in [0.5, 0.6) is 0 Å². The summed E-state index contributed by atoms with van der Waals surface area (Å²) in [5.41, 5.74) is 0.802. The molecular formula is C17H25FN2O. The molecular weight excluding hydrogens is 267 g/mol. The zero-order chi connectivity index (χ0) is 15.5. The van der Waals surface area contributed by atoms with Gasteiger partial charge in [-0.2, -0.15) is 0 Å². The molecule has 1 amide bonds. The topological polar surface area (TPSA) is 32.3 Å². The van der Waals surface area contributed by atoms with Crippen molar-refractivity contribution < 1.29 is 9.18 Å². The highest BCUT2D eigenvalue weighted by atomic mass is 19.1. The fourth-order valence-electron chi connectivity index (χ4n) is 2.55. The Morgan fingerprint density at radius 3 is 2.62 bits per heavy atom. The van der Waals surface area contributed by atoms with Gasteiger partial charge in [0.1, 0.15) is 5.82 Å². The lowest BCUT2D eigenvalue weighted by molar-refractivity contribution is 0.0691. The van der Waals surface area contributed by atoms with Gasteiger partial charge in [0.05, 0.1) is 0 Å². The van der Waals surface area contributed by atoms with Crippen LogP contribution in [0.3, 0.4) is 0 Å². The van der Waals surface area contributed by atoms with E-state index < -0.39 is 0 Å². The van der Waals surface area contributed by atoms with Crippen molar-refractivity contribution in [2.24, 2.45) is 5.41 Å². The smallest absolute Gasteiger partial charge is 0.253 e. The highest BCUT2D eigenvalue weighted by Gasteiger charge is 2.25. The van der Waals surface area contributed by atoms with Gasteiger partial charge >= 0.3 is 0 Å². The Morgan fingerprint density at radius 2 is 2.00 bits per heavy atom. The molecule has 3 nitrogen and oxygen atoms in total. The molecule has 0 saturated carbocycles. The molecule has 116 valence electrons. The normalized spacial score (nSPS) is 19.6. The number of halogens is 1. The SMILES string of the molecule is CC(C)(C)CNC1CCCN(C(=O)c2ccc(F)cc2)C1. The number of rotatable bonds is 3. The Morgan fingerprint density at radius 1 is 1.33 bits per heavy atom. The minimum absolute atomic E-state index is 0.00254. The summed E-state index contributed by atoms with van der Waals surface area (Å²) in [6.45, 7) is 9.05. The molecule has 1 aromatic rings. The summed E-state index contributed by atoms with van der Waals surface area (Å²) < 4.78 is 12.9. The summed E-state index contributed by atoms with van der Waals surface area (Å²) >= 11 is 0. The highest BCUT2D eigenvalue weighted by Crippen LogP contribution is 2.16. The van der Waals surface area contributed by atoms with E-state index in [9.17, 15) is 9.18 Å². The van der Waals surface area contributed by atoms with Crippen molar-refractivity contribution in [1.82, 2.24) is 10.2 Å². The molecule has 0 spiro atoms. The molecule has 0 aliphatic carbocycles. The van der Waals surface area contributed by atoms with Crippen LogP contribution in [-0.4, -0.2) is 36.5 Å². The molecule has 2 rings (SSSR count). The summed E-state index contributed by atoms with van der Waals surface area (Å²) in [6.07, 6.45) is 2.11. The molecule has 1 atom stereocenters. The summed E-state index contributed by atoms with van der Waals surface area (Å²) in [5, 5.41) is 3.55. The van der Waals surface area contributed by atoms with E-state index >= 15 is 0 Å². The minimum Gasteiger partial charge on any atom is -0.337 e. The van der Waals surface area contributed by atoms with Gasteiger partial charge in [-0.3, -0.25) is 4.79 Å². The summed E-state index contributed by atoms with van der Waals surface area (Å²) in [5.74, 6) is -0.313. The minimum atomic E-state index is -0.310. The van der Waals surface area contributed by atoms with Gasteiger partial charge in [-0.25, -0.2) is 4.39 Å². The van der Waals surface area contributed by atoms with Crippen LogP contribution in [0.15, 0.2) is 24.3 Å². The zero-order valence-electron chi connectivity index (χ0n) is 13.2. The predicted molar refractivity (Wildman–Crippen MR) is 82.8 cm³/mol. The van der Waals surface area contributed by atoms with Crippen LogP contribution in [0.4, 0.5) is 4.39 Å². The molecule has 1 heterocycles. The van der Waals surface area contributed by atoms with E-state index in [1.807, 2.05) is 4.90 Å². The van der Waals surface area contributed by atoms with Crippen molar-refractivity contribution in [1.29, 1.82) is 0 Å². The number of piperidine rings is 1. The number of nitrogens with one attached hydrogen (secondary N) is 1. The van der Waals surface area contributed by atoms with Crippen LogP contribution in [0.2, 0.25) is 0 Å². The molecule has 21 heavy (non-hydrogen) atoms. The summed E-state index contributed by atoms with van der Waals surface area (Å²) in [7, 11) is 0. The fourth-order valence-corrected chi connectivity index (χ4v) is 2.55. The molecule has 1 aromatic carbocycles. The number of hydrogen-bond donors (Lipinski definition) is 1. The maximum Gasteiger partial charge on any atom is 0.253 e. The average molecular weight is 292 g/mol. The zero-order valence-corrected chi connectivity index (χ0v) is 13.2. The molecule has 1 aliphatic rings. The van der Waals surface area contributed by atoms with E-state index in [1.54, 1.807) is 12.1 Å². The van der Waals surface area contributed by atoms with E-state index in [2.05, 4.69) is 26.1 Å². The second-order valence-electron chi connectivity index (χ2n) is 7.04. The Kier molecular flexibility index (Phi) is 4.99. The number of likely N-dealkylation sites (tertiary alicyclic amines) is 1. The largest absolute Gasteiger partial charge is 0.337 e. The first kappa shape index (κ1) is 16.0. The van der Waals surface area contributed by atoms with E-state index in [0.29, 0.717) is 11.6 Å². The molecule has 4 heteroatoms. The second kappa shape index (κ2) is 6.56. The lowest BCUT2D eigenvalue weighted by atomic mass is 9.95. The maximum absolute atomic E-state index is 12.9. The van der Waals surface area contributed by atoms with E-state index in [1.165, 1.54) is 12.1 Å². The third kappa shape index (κ3) is 4.81. The molecule has 1 aliphatic heterocycles. The summed E-state index contributed by atoms with van der Waals surface area (Å²) in [4.78, 5) is 14.3. The lowest BCUT2D eigenvalue weighted by Crippen LogP contribution is -2.49. The molecule has 0 bridgehead atoms. The number of hydrogen-bond acceptors (Lipinski definition) is 2. The van der Waals surface area contributed by atoms with Crippen LogP contribution in [0.1, 0.15) is 44.0 Å². The van der Waals surface area contributed by atoms with Crippen molar-refractivity contribution in [3.8, 4) is 0 Å². The van der Waals surface area contributed by atoms with Crippen LogP contribution in [0.25, 0.3) is 0 Å². The molecule has 1 unspecified atom stereocenters. The quantitative estimate of drug-likeness (QED) is 0.928. The Hall–Kier alpha value is -1.42. The van der Waals surface area contributed by atoms with Gasteiger partial charge in [0.15, 0.2) is 0 Å². The van der Waals surface area contributed by atoms with Crippen molar-refractivity contribution in [3.63, 3.8) is 0 Å². The standard InChI is InChI=1S/C17H25FN2O/c1-17(2,3)12-19-15-5-4-10-20(11-15)16(21)13-6-8-14(18)9-7-13/h6-9,15,19H,4-5,10-12H2,1-3H3. The Labute approximate surface area is 126 Å². The van der Waals surface area contributed by atoms with Crippen molar-refractivity contribution in [2.75, 3.05) is 19.6 Å².